The number of methoxy groups -OCH3 is 1. The summed E-state index contributed by atoms with van der Waals surface area (Å²) in [7, 11) is 3.65. The first-order valence-electron chi connectivity index (χ1n) is 11.4. The van der Waals surface area contributed by atoms with Crippen molar-refractivity contribution in [2.75, 3.05) is 40.3 Å². The van der Waals surface area contributed by atoms with Crippen molar-refractivity contribution in [3.05, 3.63) is 71.6 Å². The standard InChI is InChI=1S/C26H30N4O3/c1-4-29-18-19(20-9-5-7-11-23(20)29)17-22(26(32)30-15-13-28(2)14-16-30)27-25(31)21-10-6-8-12-24(21)33-3/h5-12,17-18H,4,13-16H2,1-3H3,(H,27,31)/p+1/b22-17-. The molecular weight excluding hydrogens is 416 g/mol. The lowest BCUT2D eigenvalue weighted by molar-refractivity contribution is -0.883. The molecule has 0 atom stereocenters. The van der Waals surface area contributed by atoms with Crippen LogP contribution in [-0.4, -0.2) is 61.6 Å². The summed E-state index contributed by atoms with van der Waals surface area (Å²) in [5.74, 6) is -0.0716. The smallest absolute Gasteiger partial charge is 0.270 e. The minimum absolute atomic E-state index is 0.168. The number of hydrogen-bond acceptors (Lipinski definition) is 3. The fraction of sp³-hybridized carbons (Fsp3) is 0.308. The third-order valence-corrected chi connectivity index (χ3v) is 6.19. The predicted molar refractivity (Wildman–Crippen MR) is 129 cm³/mol. The lowest BCUT2D eigenvalue weighted by Gasteiger charge is -2.30. The topological polar surface area (TPSA) is 68.0 Å². The van der Waals surface area contributed by atoms with Crippen LogP contribution in [0, 0.1) is 0 Å². The van der Waals surface area contributed by atoms with Gasteiger partial charge in [0.25, 0.3) is 11.8 Å². The van der Waals surface area contributed by atoms with Crippen LogP contribution in [0.15, 0.2) is 60.4 Å². The second kappa shape index (κ2) is 9.92. The highest BCUT2D eigenvalue weighted by Crippen LogP contribution is 2.24. The van der Waals surface area contributed by atoms with Gasteiger partial charge >= 0.3 is 0 Å². The summed E-state index contributed by atoms with van der Waals surface area (Å²) in [4.78, 5) is 29.9. The molecule has 0 aliphatic carbocycles. The Hall–Kier alpha value is -3.58. The monoisotopic (exact) mass is 447 g/mol. The zero-order chi connectivity index (χ0) is 23.4. The number of aryl methyl sites for hydroxylation is 1. The minimum Gasteiger partial charge on any atom is -0.496 e. The van der Waals surface area contributed by atoms with Crippen molar-refractivity contribution in [2.45, 2.75) is 13.5 Å². The summed E-state index contributed by atoms with van der Waals surface area (Å²) in [6, 6.07) is 15.1. The number of quaternary nitrogens is 1. The second-order valence-electron chi connectivity index (χ2n) is 8.35. The van der Waals surface area contributed by atoms with Crippen LogP contribution in [0.2, 0.25) is 0 Å². The SMILES string of the molecule is CCn1cc(/C=C(\NC(=O)c2ccccc2OC)C(=O)N2CC[NH+](C)CC2)c2ccccc21. The van der Waals surface area contributed by atoms with Gasteiger partial charge in [-0.05, 0) is 31.2 Å². The highest BCUT2D eigenvalue weighted by atomic mass is 16.5. The van der Waals surface area contributed by atoms with Crippen LogP contribution in [0.4, 0.5) is 0 Å². The third kappa shape index (κ3) is 4.78. The Labute approximate surface area is 194 Å². The van der Waals surface area contributed by atoms with Gasteiger partial charge in [-0.25, -0.2) is 0 Å². The number of para-hydroxylation sites is 2. The van der Waals surface area contributed by atoms with Gasteiger partial charge in [0.2, 0.25) is 0 Å². The van der Waals surface area contributed by atoms with Gasteiger partial charge in [-0.3, -0.25) is 9.59 Å². The molecule has 2 aromatic carbocycles. The Balaban J connectivity index is 1.73. The molecular formula is C26H31N4O3+. The van der Waals surface area contributed by atoms with Gasteiger partial charge in [0.1, 0.15) is 11.4 Å². The Kier molecular flexibility index (Phi) is 6.79. The van der Waals surface area contributed by atoms with Crippen molar-refractivity contribution in [2.24, 2.45) is 0 Å². The van der Waals surface area contributed by atoms with Crippen LogP contribution < -0.4 is 15.0 Å². The van der Waals surface area contributed by atoms with E-state index in [4.69, 9.17) is 4.74 Å². The molecule has 7 heteroatoms. The van der Waals surface area contributed by atoms with E-state index in [1.54, 1.807) is 24.3 Å². The van der Waals surface area contributed by atoms with Gasteiger partial charge in [-0.15, -0.1) is 0 Å². The first kappa shape index (κ1) is 22.6. The van der Waals surface area contributed by atoms with Crippen LogP contribution in [0.3, 0.4) is 0 Å². The Morgan fingerprint density at radius 3 is 2.52 bits per heavy atom. The van der Waals surface area contributed by atoms with E-state index < -0.39 is 0 Å². The van der Waals surface area contributed by atoms with Crippen molar-refractivity contribution in [1.29, 1.82) is 0 Å². The van der Waals surface area contributed by atoms with E-state index in [1.165, 1.54) is 12.0 Å². The maximum atomic E-state index is 13.5. The minimum atomic E-state index is -0.369. The summed E-state index contributed by atoms with van der Waals surface area (Å²) in [6.07, 6.45) is 3.83. The van der Waals surface area contributed by atoms with Crippen molar-refractivity contribution in [3.8, 4) is 5.75 Å². The Morgan fingerprint density at radius 1 is 1.09 bits per heavy atom. The van der Waals surface area contributed by atoms with E-state index in [1.807, 2.05) is 35.4 Å². The van der Waals surface area contributed by atoms with Crippen molar-refractivity contribution in [3.63, 3.8) is 0 Å². The summed E-state index contributed by atoms with van der Waals surface area (Å²) >= 11 is 0. The molecule has 2 N–H and O–H groups in total. The second-order valence-corrected chi connectivity index (χ2v) is 8.35. The molecule has 0 spiro atoms. The van der Waals surface area contributed by atoms with Gasteiger partial charge in [-0.1, -0.05) is 30.3 Å². The highest BCUT2D eigenvalue weighted by Gasteiger charge is 2.26. The molecule has 0 saturated carbocycles. The third-order valence-electron chi connectivity index (χ3n) is 6.19. The molecule has 1 saturated heterocycles. The molecule has 7 nitrogen and oxygen atoms in total. The molecule has 172 valence electrons. The van der Waals surface area contributed by atoms with E-state index in [-0.39, 0.29) is 17.5 Å². The van der Waals surface area contributed by atoms with E-state index in [9.17, 15) is 9.59 Å². The molecule has 1 fully saturated rings. The van der Waals surface area contributed by atoms with Crippen LogP contribution in [0.5, 0.6) is 5.75 Å². The van der Waals surface area contributed by atoms with Crippen LogP contribution >= 0.6 is 0 Å². The van der Waals surface area contributed by atoms with Crippen molar-refractivity contribution < 1.29 is 19.2 Å². The van der Waals surface area contributed by atoms with Crippen molar-refractivity contribution >= 4 is 28.8 Å². The number of amides is 2. The lowest BCUT2D eigenvalue weighted by atomic mass is 10.1. The number of hydrogen-bond donors (Lipinski definition) is 2. The lowest BCUT2D eigenvalue weighted by Crippen LogP contribution is -3.12. The van der Waals surface area contributed by atoms with Crippen LogP contribution in [-0.2, 0) is 11.3 Å². The maximum absolute atomic E-state index is 13.5. The van der Waals surface area contributed by atoms with E-state index in [2.05, 4.69) is 29.9 Å². The highest BCUT2D eigenvalue weighted by molar-refractivity contribution is 6.07. The number of nitrogens with zero attached hydrogens (tertiary/aromatic N) is 2. The summed E-state index contributed by atoms with van der Waals surface area (Å²) in [5, 5.41) is 3.93. The predicted octanol–water partition coefficient (Wildman–Crippen LogP) is 1.80. The van der Waals surface area contributed by atoms with Gasteiger partial charge in [0.15, 0.2) is 0 Å². The molecule has 2 amide bonds. The molecule has 4 rings (SSSR count). The molecule has 0 bridgehead atoms. The van der Waals surface area contributed by atoms with E-state index in [0.29, 0.717) is 24.4 Å². The molecule has 1 aliphatic rings. The number of aromatic nitrogens is 1. The number of likely N-dealkylation sites (N-methyl/N-ethyl adjacent to an activating group) is 1. The van der Waals surface area contributed by atoms with Gasteiger partial charge < -0.3 is 24.4 Å². The molecule has 33 heavy (non-hydrogen) atoms. The number of carbonyl (C=O) groups is 2. The van der Waals surface area contributed by atoms with Crippen LogP contribution in [0.1, 0.15) is 22.8 Å². The number of nitrogens with one attached hydrogen (secondary N) is 2. The average Bonchev–Trinajstić information content (AvgIpc) is 3.21. The summed E-state index contributed by atoms with van der Waals surface area (Å²) < 4.78 is 7.49. The molecule has 2 heterocycles. The maximum Gasteiger partial charge on any atom is 0.270 e. The Morgan fingerprint density at radius 2 is 1.79 bits per heavy atom. The van der Waals surface area contributed by atoms with E-state index in [0.717, 1.165) is 36.1 Å². The summed E-state index contributed by atoms with van der Waals surface area (Å²) in [6.45, 7) is 5.98. The molecule has 1 aromatic heterocycles. The Bertz CT molecular complexity index is 1190. The fourth-order valence-electron chi connectivity index (χ4n) is 4.24. The number of rotatable bonds is 6. The number of benzene rings is 2. The zero-order valence-corrected chi connectivity index (χ0v) is 19.4. The number of piperazine rings is 1. The first-order chi connectivity index (χ1) is 16.0. The molecule has 3 aromatic rings. The molecule has 0 radical (unpaired) electrons. The number of fused-ring (bicyclic) bond motifs is 1. The van der Waals surface area contributed by atoms with Crippen molar-refractivity contribution in [1.82, 2.24) is 14.8 Å². The van der Waals surface area contributed by atoms with Gasteiger partial charge in [0, 0.05) is 29.2 Å². The number of ether oxygens (including phenoxy) is 1. The molecule has 1 aliphatic heterocycles. The normalized spacial score (nSPS) is 15.0. The summed E-state index contributed by atoms with van der Waals surface area (Å²) in [5.41, 5.74) is 2.65. The largest absolute Gasteiger partial charge is 0.496 e. The molecule has 0 unspecified atom stereocenters. The number of carbonyl (C=O) groups excluding carboxylic acids is 2. The van der Waals surface area contributed by atoms with Gasteiger partial charge in [-0.2, -0.15) is 0 Å². The average molecular weight is 448 g/mol. The quantitative estimate of drug-likeness (QED) is 0.567. The first-order valence-corrected chi connectivity index (χ1v) is 11.4. The van der Waals surface area contributed by atoms with Gasteiger partial charge in [0.05, 0.1) is 45.9 Å². The van der Waals surface area contributed by atoms with E-state index >= 15 is 0 Å². The fourth-order valence-corrected chi connectivity index (χ4v) is 4.24. The van der Waals surface area contributed by atoms with Crippen LogP contribution in [0.25, 0.3) is 17.0 Å². The zero-order valence-electron chi connectivity index (χ0n) is 19.4.